The fourth-order valence-corrected chi connectivity index (χ4v) is 2.76. The van der Waals surface area contributed by atoms with Gasteiger partial charge in [0.1, 0.15) is 0 Å². The zero-order valence-corrected chi connectivity index (χ0v) is 13.2. The van der Waals surface area contributed by atoms with Crippen molar-refractivity contribution in [3.8, 4) is 0 Å². The molecule has 1 saturated heterocycles. The lowest BCUT2D eigenvalue weighted by molar-refractivity contribution is -0.384. The highest BCUT2D eigenvalue weighted by Gasteiger charge is 2.22. The highest BCUT2D eigenvalue weighted by Crippen LogP contribution is 2.15. The molecule has 0 radical (unpaired) electrons. The molecule has 0 atom stereocenters. The second kappa shape index (κ2) is 7.18. The number of pyridine rings is 1. The Labute approximate surface area is 139 Å². The van der Waals surface area contributed by atoms with Crippen LogP contribution in [0.25, 0.3) is 0 Å². The lowest BCUT2D eigenvalue weighted by atomic mass is 10.1. The molecule has 2 heterocycles. The fourth-order valence-electron chi connectivity index (χ4n) is 2.76. The van der Waals surface area contributed by atoms with E-state index in [0.717, 1.165) is 19.6 Å². The summed E-state index contributed by atoms with van der Waals surface area (Å²) in [5.41, 5.74) is 1.69. The van der Waals surface area contributed by atoms with E-state index in [-0.39, 0.29) is 11.6 Å². The Balaban J connectivity index is 1.56. The summed E-state index contributed by atoms with van der Waals surface area (Å²) in [5.74, 6) is -0.0755. The third-order valence-electron chi connectivity index (χ3n) is 4.14. The molecule has 124 valence electrons. The highest BCUT2D eigenvalue weighted by molar-refractivity contribution is 5.94. The largest absolute Gasteiger partial charge is 0.336 e. The smallest absolute Gasteiger partial charge is 0.269 e. The molecule has 0 spiro atoms. The predicted molar refractivity (Wildman–Crippen MR) is 88.5 cm³/mol. The molecule has 0 saturated carbocycles. The lowest BCUT2D eigenvalue weighted by Crippen LogP contribution is -2.48. The van der Waals surface area contributed by atoms with Crippen LogP contribution >= 0.6 is 0 Å². The number of nitro benzene ring substituents is 1. The molecule has 7 nitrogen and oxygen atoms in total. The van der Waals surface area contributed by atoms with E-state index in [1.165, 1.54) is 29.8 Å². The van der Waals surface area contributed by atoms with Gasteiger partial charge in [0.05, 0.1) is 4.92 Å². The lowest BCUT2D eigenvalue weighted by Gasteiger charge is -2.34. The highest BCUT2D eigenvalue weighted by atomic mass is 16.6. The minimum Gasteiger partial charge on any atom is -0.336 e. The Kier molecular flexibility index (Phi) is 4.81. The van der Waals surface area contributed by atoms with Crippen molar-refractivity contribution >= 4 is 11.6 Å². The molecule has 1 aromatic heterocycles. The van der Waals surface area contributed by atoms with Gasteiger partial charge >= 0.3 is 0 Å². The minimum absolute atomic E-state index is 0.00581. The first kappa shape index (κ1) is 16.1. The van der Waals surface area contributed by atoms with E-state index in [1.54, 1.807) is 17.3 Å². The Morgan fingerprint density at radius 3 is 2.25 bits per heavy atom. The molecule has 0 aliphatic carbocycles. The Hall–Kier alpha value is -2.80. The number of non-ortho nitro benzene ring substituents is 1. The molecule has 0 N–H and O–H groups in total. The van der Waals surface area contributed by atoms with E-state index < -0.39 is 4.92 Å². The van der Waals surface area contributed by atoms with E-state index >= 15 is 0 Å². The molecule has 1 amide bonds. The van der Waals surface area contributed by atoms with Crippen molar-refractivity contribution in [1.29, 1.82) is 0 Å². The number of piperazine rings is 1. The van der Waals surface area contributed by atoms with Crippen molar-refractivity contribution in [2.45, 2.75) is 6.54 Å². The van der Waals surface area contributed by atoms with E-state index in [2.05, 4.69) is 9.88 Å². The van der Waals surface area contributed by atoms with Crippen LogP contribution in [0.2, 0.25) is 0 Å². The zero-order chi connectivity index (χ0) is 16.9. The number of carbonyl (C=O) groups excluding carboxylic acids is 1. The van der Waals surface area contributed by atoms with Crippen molar-refractivity contribution in [1.82, 2.24) is 14.8 Å². The van der Waals surface area contributed by atoms with Gasteiger partial charge in [-0.15, -0.1) is 0 Å². The Bertz CT molecular complexity index is 710. The van der Waals surface area contributed by atoms with Gasteiger partial charge < -0.3 is 4.90 Å². The van der Waals surface area contributed by atoms with Gasteiger partial charge in [0.2, 0.25) is 0 Å². The van der Waals surface area contributed by atoms with E-state index in [1.807, 2.05) is 12.1 Å². The van der Waals surface area contributed by atoms with Crippen LogP contribution in [-0.2, 0) is 6.54 Å². The summed E-state index contributed by atoms with van der Waals surface area (Å²) in [6.07, 6.45) is 3.56. The van der Waals surface area contributed by atoms with Crippen molar-refractivity contribution in [3.05, 3.63) is 70.0 Å². The number of nitrogens with zero attached hydrogens (tertiary/aromatic N) is 4. The van der Waals surface area contributed by atoms with Crippen LogP contribution < -0.4 is 0 Å². The summed E-state index contributed by atoms with van der Waals surface area (Å²) in [7, 11) is 0. The van der Waals surface area contributed by atoms with Gasteiger partial charge in [-0.1, -0.05) is 0 Å². The molecule has 1 aliphatic rings. The van der Waals surface area contributed by atoms with Gasteiger partial charge in [0.15, 0.2) is 0 Å². The molecule has 0 unspecified atom stereocenters. The first-order valence-electron chi connectivity index (χ1n) is 7.78. The standard InChI is InChI=1S/C17H18N4O3/c22-17(15-1-3-16(4-2-15)21(23)24)20-11-9-19(10-12-20)13-14-5-7-18-8-6-14/h1-8H,9-13H2. The topological polar surface area (TPSA) is 79.6 Å². The number of benzene rings is 1. The van der Waals surface area contributed by atoms with Gasteiger partial charge in [0.25, 0.3) is 11.6 Å². The quantitative estimate of drug-likeness (QED) is 0.634. The summed E-state index contributed by atoms with van der Waals surface area (Å²) in [5, 5.41) is 10.7. The summed E-state index contributed by atoms with van der Waals surface area (Å²) in [4.78, 5) is 30.8. The molecule has 1 fully saturated rings. The van der Waals surface area contributed by atoms with Gasteiger partial charge in [-0.25, -0.2) is 0 Å². The average molecular weight is 326 g/mol. The number of carbonyl (C=O) groups is 1. The van der Waals surface area contributed by atoms with Crippen LogP contribution in [0.1, 0.15) is 15.9 Å². The normalized spacial score (nSPS) is 15.2. The first-order chi connectivity index (χ1) is 11.6. The molecule has 0 bridgehead atoms. The maximum atomic E-state index is 12.5. The molecule has 1 aromatic carbocycles. The van der Waals surface area contributed by atoms with Gasteiger partial charge in [-0.3, -0.25) is 24.8 Å². The number of hydrogen-bond donors (Lipinski definition) is 0. The van der Waals surface area contributed by atoms with Crippen LogP contribution in [0, 0.1) is 10.1 Å². The summed E-state index contributed by atoms with van der Waals surface area (Å²) in [6, 6.07) is 9.76. The van der Waals surface area contributed by atoms with Crippen LogP contribution in [0.4, 0.5) is 5.69 Å². The van der Waals surface area contributed by atoms with Crippen LogP contribution in [-0.4, -0.2) is 51.8 Å². The average Bonchev–Trinajstić information content (AvgIpc) is 2.63. The monoisotopic (exact) mass is 326 g/mol. The predicted octanol–water partition coefficient (Wildman–Crippen LogP) is 1.95. The molecule has 3 rings (SSSR count). The van der Waals surface area contributed by atoms with Crippen molar-refractivity contribution < 1.29 is 9.72 Å². The van der Waals surface area contributed by atoms with Crippen LogP contribution in [0.15, 0.2) is 48.8 Å². The number of hydrogen-bond acceptors (Lipinski definition) is 5. The van der Waals surface area contributed by atoms with Crippen LogP contribution in [0.5, 0.6) is 0 Å². The van der Waals surface area contributed by atoms with Gasteiger partial charge in [-0.05, 0) is 29.8 Å². The van der Waals surface area contributed by atoms with Gasteiger partial charge in [0, 0.05) is 62.8 Å². The van der Waals surface area contributed by atoms with Gasteiger partial charge in [-0.2, -0.15) is 0 Å². The first-order valence-corrected chi connectivity index (χ1v) is 7.78. The van der Waals surface area contributed by atoms with Crippen molar-refractivity contribution in [2.75, 3.05) is 26.2 Å². The number of nitro groups is 1. The second-order valence-electron chi connectivity index (χ2n) is 5.73. The van der Waals surface area contributed by atoms with Crippen molar-refractivity contribution in [3.63, 3.8) is 0 Å². The maximum absolute atomic E-state index is 12.5. The molecular formula is C17H18N4O3. The van der Waals surface area contributed by atoms with E-state index in [0.29, 0.717) is 18.7 Å². The Morgan fingerprint density at radius 2 is 1.67 bits per heavy atom. The molecule has 2 aromatic rings. The van der Waals surface area contributed by atoms with Crippen LogP contribution in [0.3, 0.4) is 0 Å². The summed E-state index contributed by atoms with van der Waals surface area (Å²) < 4.78 is 0. The maximum Gasteiger partial charge on any atom is 0.269 e. The second-order valence-corrected chi connectivity index (χ2v) is 5.73. The molecule has 24 heavy (non-hydrogen) atoms. The SMILES string of the molecule is O=C(c1ccc([N+](=O)[O-])cc1)N1CCN(Cc2ccncc2)CC1. The number of rotatable bonds is 4. The number of amides is 1. The summed E-state index contributed by atoms with van der Waals surface area (Å²) >= 11 is 0. The van der Waals surface area contributed by atoms with E-state index in [9.17, 15) is 14.9 Å². The summed E-state index contributed by atoms with van der Waals surface area (Å²) in [6.45, 7) is 3.77. The Morgan fingerprint density at radius 1 is 1.04 bits per heavy atom. The minimum atomic E-state index is -0.466. The third-order valence-corrected chi connectivity index (χ3v) is 4.14. The number of aromatic nitrogens is 1. The third kappa shape index (κ3) is 3.75. The zero-order valence-electron chi connectivity index (χ0n) is 13.2. The van der Waals surface area contributed by atoms with E-state index in [4.69, 9.17) is 0 Å². The molecule has 1 aliphatic heterocycles. The molecular weight excluding hydrogens is 308 g/mol. The fraction of sp³-hybridized carbons (Fsp3) is 0.294. The van der Waals surface area contributed by atoms with Crippen molar-refractivity contribution in [2.24, 2.45) is 0 Å². The molecule has 7 heteroatoms.